The number of rotatable bonds is 56. The molecule has 0 spiro atoms. The topological polar surface area (TPSA) is 134 Å². The average Bonchev–Trinajstić information content (AvgIpc) is 3.34. The average molecular weight is 995 g/mol. The van der Waals surface area contributed by atoms with Gasteiger partial charge in [0.25, 0.3) is 0 Å². The summed E-state index contributed by atoms with van der Waals surface area (Å²) in [5.41, 5.74) is 5.38. The van der Waals surface area contributed by atoms with Gasteiger partial charge in [-0.15, -0.1) is 0 Å². The van der Waals surface area contributed by atoms with Crippen molar-refractivity contribution in [1.29, 1.82) is 0 Å². The molecule has 0 bridgehead atoms. The van der Waals surface area contributed by atoms with E-state index in [-0.39, 0.29) is 38.6 Å². The Morgan fingerprint density at radius 3 is 1.12 bits per heavy atom. The van der Waals surface area contributed by atoms with Gasteiger partial charge >= 0.3 is 19.8 Å². The Labute approximate surface area is 426 Å². The van der Waals surface area contributed by atoms with Gasteiger partial charge in [-0.3, -0.25) is 18.6 Å². The quantitative estimate of drug-likeness (QED) is 0.0264. The minimum atomic E-state index is -4.38. The third-order valence-corrected chi connectivity index (χ3v) is 14.0. The number of unbranched alkanes of at least 4 members (excludes halogenated alkanes) is 37. The van der Waals surface area contributed by atoms with Crippen molar-refractivity contribution in [2.45, 2.75) is 302 Å². The summed E-state index contributed by atoms with van der Waals surface area (Å²) in [6, 6.07) is 0. The van der Waals surface area contributed by atoms with Crippen molar-refractivity contribution in [2.75, 3.05) is 26.4 Å². The molecule has 0 aliphatic heterocycles. The first-order valence-electron chi connectivity index (χ1n) is 29.5. The summed E-state index contributed by atoms with van der Waals surface area (Å²) in [5, 5.41) is 0. The predicted octanol–water partition coefficient (Wildman–Crippen LogP) is 18.4. The van der Waals surface area contributed by atoms with Crippen LogP contribution < -0.4 is 5.73 Å². The molecule has 0 amide bonds. The second-order valence-electron chi connectivity index (χ2n) is 19.9. The highest BCUT2D eigenvalue weighted by molar-refractivity contribution is 7.47. The molecule has 0 aliphatic carbocycles. The van der Waals surface area contributed by atoms with Crippen molar-refractivity contribution in [3.63, 3.8) is 0 Å². The summed E-state index contributed by atoms with van der Waals surface area (Å²) in [7, 11) is -4.38. The maximum Gasteiger partial charge on any atom is 0.472 e. The highest BCUT2D eigenvalue weighted by atomic mass is 31.2. The highest BCUT2D eigenvalue weighted by Crippen LogP contribution is 2.43. The largest absolute Gasteiger partial charge is 0.472 e. The Morgan fingerprint density at radius 2 is 0.754 bits per heavy atom. The van der Waals surface area contributed by atoms with Crippen LogP contribution in [-0.4, -0.2) is 49.3 Å². The minimum absolute atomic E-state index is 0.0539. The first-order valence-corrected chi connectivity index (χ1v) is 31.0. The molecule has 0 saturated carbocycles. The van der Waals surface area contributed by atoms with Crippen molar-refractivity contribution < 1.29 is 37.6 Å². The summed E-state index contributed by atoms with van der Waals surface area (Å²) in [6.07, 6.45) is 66.5. The van der Waals surface area contributed by atoms with Gasteiger partial charge in [0.15, 0.2) is 6.10 Å². The van der Waals surface area contributed by atoms with E-state index in [0.717, 1.165) is 57.8 Å². The normalized spacial score (nSPS) is 13.3. The fourth-order valence-corrected chi connectivity index (χ4v) is 9.37. The molecular weight excluding hydrogens is 882 g/mol. The number of allylic oxidation sites excluding steroid dienone is 6. The molecule has 2 atom stereocenters. The summed E-state index contributed by atoms with van der Waals surface area (Å²) in [4.78, 5) is 35.1. The number of hydrogen-bond donors (Lipinski definition) is 2. The molecule has 2 unspecified atom stereocenters. The van der Waals surface area contributed by atoms with Gasteiger partial charge in [0.05, 0.1) is 13.2 Å². The van der Waals surface area contributed by atoms with E-state index < -0.39 is 26.5 Å². The van der Waals surface area contributed by atoms with Crippen molar-refractivity contribution in [3.8, 4) is 0 Å². The second kappa shape index (κ2) is 55.5. The van der Waals surface area contributed by atoms with E-state index in [2.05, 4.69) is 50.3 Å². The van der Waals surface area contributed by atoms with E-state index in [4.69, 9.17) is 24.3 Å². The summed E-state index contributed by atoms with van der Waals surface area (Å²) in [5.74, 6) is -0.824. The van der Waals surface area contributed by atoms with Gasteiger partial charge in [-0.05, 0) is 70.6 Å². The SMILES string of the molecule is CCCCCCC/C=C\C/C=C\CCCCCCCCCCCCCCCCCCCCCCCC(=O)OC(COC(=O)CCCCCCC/C=C\CCCCCCCC)COP(=O)(O)OCCN. The van der Waals surface area contributed by atoms with Crippen molar-refractivity contribution >= 4 is 19.8 Å². The minimum Gasteiger partial charge on any atom is -0.462 e. The number of hydrogen-bond acceptors (Lipinski definition) is 8. The highest BCUT2D eigenvalue weighted by Gasteiger charge is 2.26. The monoisotopic (exact) mass is 994 g/mol. The van der Waals surface area contributed by atoms with Crippen LogP contribution in [-0.2, 0) is 32.7 Å². The molecule has 0 aromatic carbocycles. The summed E-state index contributed by atoms with van der Waals surface area (Å²) < 4.78 is 33.0. The van der Waals surface area contributed by atoms with Crippen LogP contribution in [0.25, 0.3) is 0 Å². The molecule has 0 aromatic rings. The van der Waals surface area contributed by atoms with Crippen LogP contribution in [0.3, 0.4) is 0 Å². The standard InChI is InChI=1S/C59H112NO8P/c1-3-5-7-9-11-13-15-17-19-20-21-22-23-24-25-26-27-28-29-30-31-32-33-34-35-36-38-40-42-44-46-48-50-52-59(62)68-57(56-67-69(63,64)66-54-53-60)55-65-58(61)51-49-47-45-43-41-39-37-18-16-14-12-10-8-6-4-2/h15,17-18,20-21,37,57H,3-14,16,19,22-36,38-56,60H2,1-2H3,(H,63,64)/b17-15-,21-20-,37-18-. The van der Waals surface area contributed by atoms with E-state index in [0.29, 0.717) is 6.42 Å². The zero-order chi connectivity index (χ0) is 50.2. The Bertz CT molecular complexity index is 1220. The van der Waals surface area contributed by atoms with Crippen LogP contribution in [0, 0.1) is 0 Å². The molecule has 0 aliphatic rings. The number of carbonyl (C=O) groups is 2. The fourth-order valence-electron chi connectivity index (χ4n) is 8.60. The number of nitrogens with two attached hydrogens (primary N) is 1. The number of phosphoric ester groups is 1. The van der Waals surface area contributed by atoms with E-state index in [1.165, 1.54) is 205 Å². The molecule has 10 heteroatoms. The van der Waals surface area contributed by atoms with Gasteiger partial charge in [0.1, 0.15) is 6.61 Å². The Balaban J connectivity index is 3.84. The van der Waals surface area contributed by atoms with Crippen LogP contribution in [0.4, 0.5) is 0 Å². The second-order valence-corrected chi connectivity index (χ2v) is 21.3. The molecular formula is C59H112NO8P. The van der Waals surface area contributed by atoms with E-state index >= 15 is 0 Å². The molecule has 3 N–H and O–H groups in total. The summed E-state index contributed by atoms with van der Waals surface area (Å²) >= 11 is 0. The smallest absolute Gasteiger partial charge is 0.462 e. The predicted molar refractivity (Wildman–Crippen MR) is 294 cm³/mol. The van der Waals surface area contributed by atoms with Crippen molar-refractivity contribution in [2.24, 2.45) is 5.73 Å². The Kier molecular flexibility index (Phi) is 54.1. The maximum absolute atomic E-state index is 12.7. The van der Waals surface area contributed by atoms with Gasteiger partial charge in [-0.25, -0.2) is 4.57 Å². The van der Waals surface area contributed by atoms with E-state index in [9.17, 15) is 19.0 Å². The molecule has 0 fully saturated rings. The van der Waals surface area contributed by atoms with Gasteiger partial charge in [-0.2, -0.15) is 0 Å². The molecule has 9 nitrogen and oxygen atoms in total. The number of phosphoric acid groups is 1. The molecule has 0 rings (SSSR count). The Morgan fingerprint density at radius 1 is 0.435 bits per heavy atom. The molecule has 0 aromatic heterocycles. The van der Waals surface area contributed by atoms with Crippen LogP contribution in [0.2, 0.25) is 0 Å². The lowest BCUT2D eigenvalue weighted by Gasteiger charge is -2.19. The maximum atomic E-state index is 12.7. The zero-order valence-corrected chi connectivity index (χ0v) is 46.2. The first-order chi connectivity index (χ1) is 33.8. The Hall–Kier alpha value is -1.77. The number of esters is 2. The molecule has 0 heterocycles. The zero-order valence-electron chi connectivity index (χ0n) is 45.3. The number of carbonyl (C=O) groups excluding carboxylic acids is 2. The van der Waals surface area contributed by atoms with Crippen molar-refractivity contribution in [1.82, 2.24) is 0 Å². The molecule has 0 saturated heterocycles. The molecule has 69 heavy (non-hydrogen) atoms. The van der Waals surface area contributed by atoms with Crippen LogP contribution in [0.5, 0.6) is 0 Å². The van der Waals surface area contributed by atoms with Gasteiger partial charge < -0.3 is 20.1 Å². The third kappa shape index (κ3) is 55.4. The summed E-state index contributed by atoms with van der Waals surface area (Å²) in [6.45, 7) is 3.76. The van der Waals surface area contributed by atoms with E-state index in [1.807, 2.05) is 0 Å². The van der Waals surface area contributed by atoms with Gasteiger partial charge in [0, 0.05) is 19.4 Å². The van der Waals surface area contributed by atoms with Crippen LogP contribution in [0.1, 0.15) is 296 Å². The lowest BCUT2D eigenvalue weighted by atomic mass is 10.0. The molecule has 0 radical (unpaired) electrons. The van der Waals surface area contributed by atoms with Gasteiger partial charge in [0.2, 0.25) is 0 Å². The molecule has 406 valence electrons. The lowest BCUT2D eigenvalue weighted by Crippen LogP contribution is -2.29. The third-order valence-electron chi connectivity index (χ3n) is 13.0. The fraction of sp³-hybridized carbons (Fsp3) is 0.864. The first kappa shape index (κ1) is 67.2. The lowest BCUT2D eigenvalue weighted by molar-refractivity contribution is -0.161. The van der Waals surface area contributed by atoms with Crippen LogP contribution in [0.15, 0.2) is 36.5 Å². The van der Waals surface area contributed by atoms with Crippen LogP contribution >= 0.6 is 7.82 Å². The van der Waals surface area contributed by atoms with Crippen molar-refractivity contribution in [3.05, 3.63) is 36.5 Å². The number of ether oxygens (including phenoxy) is 2. The van der Waals surface area contributed by atoms with E-state index in [1.54, 1.807) is 0 Å². The van der Waals surface area contributed by atoms with Gasteiger partial charge in [-0.1, -0.05) is 249 Å².